The number of carbonyl (C=O) groups is 1. The lowest BCUT2D eigenvalue weighted by atomic mass is 9.90. The third-order valence-corrected chi connectivity index (χ3v) is 2.50. The van der Waals surface area contributed by atoms with Crippen molar-refractivity contribution in [2.24, 2.45) is 11.1 Å². The summed E-state index contributed by atoms with van der Waals surface area (Å²) in [6.07, 6.45) is 4.78. The van der Waals surface area contributed by atoms with E-state index in [-0.39, 0.29) is 11.9 Å². The molecule has 0 aliphatic rings. The van der Waals surface area contributed by atoms with E-state index in [1.54, 1.807) is 0 Å². The zero-order valence-corrected chi connectivity index (χ0v) is 11.3. The van der Waals surface area contributed by atoms with Crippen LogP contribution in [0.5, 0.6) is 0 Å². The van der Waals surface area contributed by atoms with Gasteiger partial charge in [0.1, 0.15) is 0 Å². The van der Waals surface area contributed by atoms with Gasteiger partial charge in [-0.3, -0.25) is 4.79 Å². The molecule has 3 N–H and O–H groups in total. The Balaban J connectivity index is 3.35. The van der Waals surface area contributed by atoms with Crippen LogP contribution in [0.3, 0.4) is 0 Å². The van der Waals surface area contributed by atoms with Gasteiger partial charge < -0.3 is 11.1 Å². The van der Waals surface area contributed by atoms with Crippen molar-refractivity contribution in [1.82, 2.24) is 5.32 Å². The Hall–Kier alpha value is -0.570. The van der Waals surface area contributed by atoms with Crippen molar-refractivity contribution in [2.75, 3.05) is 6.54 Å². The highest BCUT2D eigenvalue weighted by molar-refractivity contribution is 5.75. The molecule has 0 aromatic carbocycles. The van der Waals surface area contributed by atoms with Crippen LogP contribution in [0.1, 0.15) is 59.8 Å². The van der Waals surface area contributed by atoms with Crippen LogP contribution in [0, 0.1) is 5.41 Å². The molecule has 1 atom stereocenters. The van der Waals surface area contributed by atoms with Crippen molar-refractivity contribution in [2.45, 2.75) is 65.8 Å². The van der Waals surface area contributed by atoms with E-state index in [1.165, 1.54) is 12.8 Å². The number of hydrogen-bond donors (Lipinski definition) is 2. The van der Waals surface area contributed by atoms with E-state index in [0.29, 0.717) is 11.8 Å². The fourth-order valence-corrected chi connectivity index (χ4v) is 1.46. The topological polar surface area (TPSA) is 55.1 Å². The molecule has 0 aromatic heterocycles. The predicted octanol–water partition coefficient (Wildman–Crippen LogP) is 2.45. The molecule has 0 heterocycles. The summed E-state index contributed by atoms with van der Waals surface area (Å²) >= 11 is 0. The maximum atomic E-state index is 11.3. The number of rotatable bonds is 7. The Labute approximate surface area is 100 Å². The van der Waals surface area contributed by atoms with Crippen LogP contribution in [-0.2, 0) is 4.79 Å². The molecule has 3 nitrogen and oxygen atoms in total. The predicted molar refractivity (Wildman–Crippen MR) is 69.2 cm³/mol. The molecule has 1 unspecified atom stereocenters. The van der Waals surface area contributed by atoms with Crippen LogP contribution < -0.4 is 11.1 Å². The minimum atomic E-state index is 0.117. The average molecular weight is 228 g/mol. The van der Waals surface area contributed by atoms with Crippen LogP contribution in [0.4, 0.5) is 0 Å². The number of unbranched alkanes of at least 4 members (excludes halogenated alkanes) is 1. The van der Waals surface area contributed by atoms with Crippen molar-refractivity contribution in [3.63, 3.8) is 0 Å². The Bertz CT molecular complexity index is 195. The maximum absolute atomic E-state index is 11.3. The molecule has 0 spiro atoms. The van der Waals surface area contributed by atoms with E-state index in [4.69, 9.17) is 5.73 Å². The van der Waals surface area contributed by atoms with E-state index in [2.05, 4.69) is 26.1 Å². The smallest absolute Gasteiger partial charge is 0.220 e. The second kappa shape index (κ2) is 7.66. The van der Waals surface area contributed by atoms with Gasteiger partial charge in [0, 0.05) is 19.0 Å². The molecule has 96 valence electrons. The highest BCUT2D eigenvalue weighted by Crippen LogP contribution is 2.21. The van der Waals surface area contributed by atoms with Gasteiger partial charge in [0.25, 0.3) is 0 Å². The van der Waals surface area contributed by atoms with Crippen LogP contribution in [0.2, 0.25) is 0 Å². The summed E-state index contributed by atoms with van der Waals surface area (Å²) in [6, 6.07) is 0.117. The molecular formula is C13H28N2O. The lowest BCUT2D eigenvalue weighted by Gasteiger charge is -2.17. The largest absolute Gasteiger partial charge is 0.356 e. The van der Waals surface area contributed by atoms with Crippen molar-refractivity contribution in [1.29, 1.82) is 0 Å². The first kappa shape index (κ1) is 15.4. The highest BCUT2D eigenvalue weighted by Gasteiger charge is 2.09. The Morgan fingerprint density at radius 1 is 1.31 bits per heavy atom. The summed E-state index contributed by atoms with van der Waals surface area (Å²) in [5.41, 5.74) is 5.99. The molecule has 0 fully saturated rings. The molecule has 0 aliphatic heterocycles. The van der Waals surface area contributed by atoms with Gasteiger partial charge in [-0.2, -0.15) is 0 Å². The molecule has 0 saturated carbocycles. The second-order valence-corrected chi connectivity index (χ2v) is 5.88. The molecule has 3 heteroatoms. The fourth-order valence-electron chi connectivity index (χ4n) is 1.46. The molecule has 0 rings (SSSR count). The highest BCUT2D eigenvalue weighted by atomic mass is 16.1. The summed E-state index contributed by atoms with van der Waals surface area (Å²) in [5, 5.41) is 2.93. The number of amides is 1. The summed E-state index contributed by atoms with van der Waals surface area (Å²) < 4.78 is 0. The van der Waals surface area contributed by atoms with E-state index in [0.717, 1.165) is 19.4 Å². The van der Waals surface area contributed by atoms with Crippen LogP contribution in [0.25, 0.3) is 0 Å². The molecule has 1 amide bonds. The lowest BCUT2D eigenvalue weighted by Crippen LogP contribution is -2.26. The quantitative estimate of drug-likeness (QED) is 0.658. The first-order valence-corrected chi connectivity index (χ1v) is 6.33. The first-order valence-electron chi connectivity index (χ1n) is 6.33. The third kappa shape index (κ3) is 11.5. The summed E-state index contributed by atoms with van der Waals surface area (Å²) in [4.78, 5) is 11.3. The van der Waals surface area contributed by atoms with Crippen molar-refractivity contribution >= 4 is 5.91 Å². The summed E-state index contributed by atoms with van der Waals surface area (Å²) in [6.45, 7) is 9.46. The van der Waals surface area contributed by atoms with E-state index in [1.807, 2.05) is 6.92 Å². The Morgan fingerprint density at radius 2 is 1.94 bits per heavy atom. The number of carbonyl (C=O) groups excluding carboxylic acids is 1. The number of nitrogens with one attached hydrogen (secondary N) is 1. The van der Waals surface area contributed by atoms with Gasteiger partial charge in [0.2, 0.25) is 5.91 Å². The van der Waals surface area contributed by atoms with E-state index in [9.17, 15) is 4.79 Å². The van der Waals surface area contributed by atoms with Crippen molar-refractivity contribution < 1.29 is 4.79 Å². The van der Waals surface area contributed by atoms with Crippen molar-refractivity contribution in [3.8, 4) is 0 Å². The monoisotopic (exact) mass is 228 g/mol. The number of nitrogens with two attached hydrogens (primary N) is 1. The minimum Gasteiger partial charge on any atom is -0.356 e. The standard InChI is InChI=1S/C13H28N2O/c1-11(14)7-8-12(16)15-10-6-5-9-13(2,3)4/h11H,5-10,14H2,1-4H3,(H,15,16). The van der Waals surface area contributed by atoms with Gasteiger partial charge in [0.05, 0.1) is 0 Å². The fraction of sp³-hybridized carbons (Fsp3) is 0.923. The van der Waals surface area contributed by atoms with Crippen molar-refractivity contribution in [3.05, 3.63) is 0 Å². The summed E-state index contributed by atoms with van der Waals surface area (Å²) in [7, 11) is 0. The number of hydrogen-bond acceptors (Lipinski definition) is 2. The van der Waals surface area contributed by atoms with Gasteiger partial charge in [-0.1, -0.05) is 27.2 Å². The second-order valence-electron chi connectivity index (χ2n) is 5.88. The van der Waals surface area contributed by atoms with Crippen LogP contribution in [-0.4, -0.2) is 18.5 Å². The Kier molecular flexibility index (Phi) is 7.39. The lowest BCUT2D eigenvalue weighted by molar-refractivity contribution is -0.121. The summed E-state index contributed by atoms with van der Waals surface area (Å²) in [5.74, 6) is 0.132. The average Bonchev–Trinajstić information content (AvgIpc) is 2.12. The molecule has 0 aliphatic carbocycles. The molecule has 0 saturated heterocycles. The van der Waals surface area contributed by atoms with Crippen LogP contribution in [0.15, 0.2) is 0 Å². The zero-order chi connectivity index (χ0) is 12.6. The first-order chi connectivity index (χ1) is 7.31. The maximum Gasteiger partial charge on any atom is 0.220 e. The van der Waals surface area contributed by atoms with Gasteiger partial charge in [-0.05, 0) is 31.6 Å². The van der Waals surface area contributed by atoms with E-state index >= 15 is 0 Å². The molecular weight excluding hydrogens is 200 g/mol. The van der Waals surface area contributed by atoms with Gasteiger partial charge >= 0.3 is 0 Å². The van der Waals surface area contributed by atoms with Crippen LogP contribution >= 0.6 is 0 Å². The van der Waals surface area contributed by atoms with Gasteiger partial charge in [0.15, 0.2) is 0 Å². The molecule has 0 aromatic rings. The SMILES string of the molecule is CC(N)CCC(=O)NCCCCC(C)(C)C. The van der Waals surface area contributed by atoms with Gasteiger partial charge in [-0.15, -0.1) is 0 Å². The normalized spacial score (nSPS) is 13.6. The zero-order valence-electron chi connectivity index (χ0n) is 11.3. The van der Waals surface area contributed by atoms with E-state index < -0.39 is 0 Å². The Morgan fingerprint density at radius 3 is 2.44 bits per heavy atom. The van der Waals surface area contributed by atoms with Gasteiger partial charge in [-0.25, -0.2) is 0 Å². The third-order valence-electron chi connectivity index (χ3n) is 2.50. The molecule has 0 bridgehead atoms. The molecule has 0 radical (unpaired) electrons. The molecule has 16 heavy (non-hydrogen) atoms. The minimum absolute atomic E-state index is 0.117.